The molecule has 1 aliphatic rings. The Hall–Kier alpha value is -3.22. The van der Waals surface area contributed by atoms with Gasteiger partial charge in [0.25, 0.3) is 0 Å². The largest absolute Gasteiger partial charge is 0.354 e. The lowest BCUT2D eigenvalue weighted by Gasteiger charge is -2.36. The summed E-state index contributed by atoms with van der Waals surface area (Å²) in [7, 11) is 0. The number of piperidine rings is 1. The molecule has 31 heavy (non-hydrogen) atoms. The maximum Gasteiger partial charge on any atom is 0.236 e. The molecule has 7 nitrogen and oxygen atoms in total. The van der Waals surface area contributed by atoms with Crippen molar-refractivity contribution in [3.8, 4) is 5.95 Å². The molecule has 3 heterocycles. The standard InChI is InChI=1S/C24H30N6O/c1-19(10-11-20-7-3-2-4-8-20)27-23(31)17-21-9-5-6-15-30(21)22-12-13-26-24(28-22)29-16-14-25-18-29/h2-4,7-8,12-14,16,18-19,21H,5-6,9-11,15,17H2,1H3,(H,27,31). The van der Waals surface area contributed by atoms with Gasteiger partial charge in [-0.25, -0.2) is 9.97 Å². The summed E-state index contributed by atoms with van der Waals surface area (Å²) in [5.41, 5.74) is 1.31. The van der Waals surface area contributed by atoms with Crippen molar-refractivity contribution >= 4 is 11.7 Å². The van der Waals surface area contributed by atoms with Crippen LogP contribution < -0.4 is 10.2 Å². The number of nitrogens with zero attached hydrogens (tertiary/aromatic N) is 5. The highest BCUT2D eigenvalue weighted by Gasteiger charge is 2.26. The number of aryl methyl sites for hydroxylation is 1. The molecule has 162 valence electrons. The first-order valence-corrected chi connectivity index (χ1v) is 11.1. The summed E-state index contributed by atoms with van der Waals surface area (Å²) < 4.78 is 1.80. The molecule has 3 aromatic rings. The van der Waals surface area contributed by atoms with Gasteiger partial charge < -0.3 is 10.2 Å². The van der Waals surface area contributed by atoms with Crippen LogP contribution in [0.4, 0.5) is 5.82 Å². The molecular weight excluding hydrogens is 388 g/mol. The van der Waals surface area contributed by atoms with Crippen LogP contribution in [0.3, 0.4) is 0 Å². The monoisotopic (exact) mass is 418 g/mol. The predicted octanol–water partition coefficient (Wildman–Crippen LogP) is 3.55. The summed E-state index contributed by atoms with van der Waals surface area (Å²) in [4.78, 5) is 28.2. The van der Waals surface area contributed by atoms with Gasteiger partial charge in [-0.1, -0.05) is 30.3 Å². The molecule has 1 fully saturated rings. The smallest absolute Gasteiger partial charge is 0.236 e. The molecule has 1 amide bonds. The van der Waals surface area contributed by atoms with E-state index in [4.69, 9.17) is 4.98 Å². The van der Waals surface area contributed by atoms with Gasteiger partial charge in [0, 0.05) is 43.6 Å². The number of amides is 1. The van der Waals surface area contributed by atoms with Crippen LogP contribution in [0.5, 0.6) is 0 Å². The zero-order valence-electron chi connectivity index (χ0n) is 18.0. The third-order valence-corrected chi connectivity index (χ3v) is 5.82. The second-order valence-electron chi connectivity index (χ2n) is 8.22. The van der Waals surface area contributed by atoms with E-state index in [0.29, 0.717) is 12.4 Å². The molecule has 0 aliphatic carbocycles. The molecule has 0 bridgehead atoms. The van der Waals surface area contributed by atoms with Gasteiger partial charge >= 0.3 is 0 Å². The Bertz CT molecular complexity index is 959. The lowest BCUT2D eigenvalue weighted by atomic mass is 9.98. The fraction of sp³-hybridized carbons (Fsp3) is 0.417. The normalized spacial score (nSPS) is 17.3. The third-order valence-electron chi connectivity index (χ3n) is 5.82. The Balaban J connectivity index is 1.35. The number of rotatable bonds is 8. The summed E-state index contributed by atoms with van der Waals surface area (Å²) in [6.45, 7) is 2.99. The van der Waals surface area contributed by atoms with E-state index in [9.17, 15) is 4.79 Å². The van der Waals surface area contributed by atoms with E-state index in [1.807, 2.05) is 18.3 Å². The van der Waals surface area contributed by atoms with Crippen LogP contribution >= 0.6 is 0 Å². The first-order valence-electron chi connectivity index (χ1n) is 11.1. The summed E-state index contributed by atoms with van der Waals surface area (Å²) in [6.07, 6.45) is 12.6. The minimum Gasteiger partial charge on any atom is -0.354 e. The highest BCUT2D eigenvalue weighted by Crippen LogP contribution is 2.25. The number of hydrogen-bond acceptors (Lipinski definition) is 5. The van der Waals surface area contributed by atoms with E-state index >= 15 is 0 Å². The number of carbonyl (C=O) groups excluding carboxylic acids is 1. The Morgan fingerprint density at radius 1 is 1.19 bits per heavy atom. The van der Waals surface area contributed by atoms with E-state index in [0.717, 1.165) is 44.5 Å². The highest BCUT2D eigenvalue weighted by molar-refractivity contribution is 5.77. The quantitative estimate of drug-likeness (QED) is 0.605. The van der Waals surface area contributed by atoms with Gasteiger partial charge in [0.2, 0.25) is 11.9 Å². The van der Waals surface area contributed by atoms with Gasteiger partial charge in [-0.05, 0) is 50.7 Å². The van der Waals surface area contributed by atoms with Crippen LogP contribution in [-0.4, -0.2) is 44.1 Å². The van der Waals surface area contributed by atoms with Crippen molar-refractivity contribution in [3.05, 3.63) is 66.9 Å². The zero-order valence-corrected chi connectivity index (χ0v) is 18.0. The molecule has 1 N–H and O–H groups in total. The summed E-state index contributed by atoms with van der Waals surface area (Å²) in [5, 5.41) is 3.19. The Kier molecular flexibility index (Phi) is 6.92. The third kappa shape index (κ3) is 5.69. The number of hydrogen-bond donors (Lipinski definition) is 1. The summed E-state index contributed by atoms with van der Waals surface area (Å²) in [6, 6.07) is 12.6. The Morgan fingerprint density at radius 2 is 2.06 bits per heavy atom. The van der Waals surface area contributed by atoms with E-state index in [2.05, 4.69) is 51.4 Å². The number of benzene rings is 1. The van der Waals surface area contributed by atoms with Gasteiger partial charge in [0.1, 0.15) is 12.1 Å². The maximum atomic E-state index is 12.8. The van der Waals surface area contributed by atoms with E-state index < -0.39 is 0 Å². The average Bonchev–Trinajstić information content (AvgIpc) is 3.34. The lowest BCUT2D eigenvalue weighted by molar-refractivity contribution is -0.122. The molecule has 4 rings (SSSR count). The van der Waals surface area contributed by atoms with E-state index in [-0.39, 0.29) is 18.0 Å². The number of carbonyl (C=O) groups is 1. The fourth-order valence-corrected chi connectivity index (χ4v) is 4.16. The van der Waals surface area contributed by atoms with Crippen LogP contribution in [0, 0.1) is 0 Å². The molecule has 2 unspecified atom stereocenters. The molecule has 0 spiro atoms. The van der Waals surface area contributed by atoms with Crippen LogP contribution in [-0.2, 0) is 11.2 Å². The van der Waals surface area contributed by atoms with Crippen molar-refractivity contribution in [2.45, 2.75) is 57.5 Å². The highest BCUT2D eigenvalue weighted by atomic mass is 16.1. The molecule has 0 radical (unpaired) electrons. The van der Waals surface area contributed by atoms with Gasteiger partial charge in [0.15, 0.2) is 0 Å². The summed E-state index contributed by atoms with van der Waals surface area (Å²) >= 11 is 0. The average molecular weight is 419 g/mol. The molecule has 1 saturated heterocycles. The van der Waals surface area contributed by atoms with Crippen molar-refractivity contribution in [1.29, 1.82) is 0 Å². The fourth-order valence-electron chi connectivity index (χ4n) is 4.16. The van der Waals surface area contributed by atoms with Crippen molar-refractivity contribution in [1.82, 2.24) is 24.8 Å². The number of nitrogens with one attached hydrogen (secondary N) is 1. The number of aromatic nitrogens is 4. The van der Waals surface area contributed by atoms with Crippen LogP contribution in [0.1, 0.15) is 44.6 Å². The molecule has 7 heteroatoms. The minimum atomic E-state index is 0.112. The first kappa shape index (κ1) is 21.0. The first-order chi connectivity index (χ1) is 15.2. The van der Waals surface area contributed by atoms with Crippen LogP contribution in [0.2, 0.25) is 0 Å². The Morgan fingerprint density at radius 3 is 2.87 bits per heavy atom. The van der Waals surface area contributed by atoms with E-state index in [1.165, 1.54) is 5.56 Å². The molecule has 1 aliphatic heterocycles. The maximum absolute atomic E-state index is 12.8. The summed E-state index contributed by atoms with van der Waals surface area (Å²) in [5.74, 6) is 1.58. The van der Waals surface area contributed by atoms with Crippen molar-refractivity contribution < 1.29 is 4.79 Å². The molecular formula is C24H30N6O. The predicted molar refractivity (Wildman–Crippen MR) is 121 cm³/mol. The molecule has 2 aromatic heterocycles. The number of imidazole rings is 1. The number of anilines is 1. The van der Waals surface area contributed by atoms with Crippen LogP contribution in [0.25, 0.3) is 5.95 Å². The van der Waals surface area contributed by atoms with Gasteiger partial charge in [0.05, 0.1) is 0 Å². The minimum absolute atomic E-state index is 0.112. The van der Waals surface area contributed by atoms with Crippen molar-refractivity contribution in [2.24, 2.45) is 0 Å². The second kappa shape index (κ2) is 10.2. The molecule has 0 saturated carbocycles. The van der Waals surface area contributed by atoms with Crippen molar-refractivity contribution in [3.63, 3.8) is 0 Å². The molecule has 1 aromatic carbocycles. The lowest BCUT2D eigenvalue weighted by Crippen LogP contribution is -2.44. The van der Waals surface area contributed by atoms with Crippen LogP contribution in [0.15, 0.2) is 61.3 Å². The van der Waals surface area contributed by atoms with Gasteiger partial charge in [-0.15, -0.1) is 0 Å². The van der Waals surface area contributed by atoms with Crippen molar-refractivity contribution in [2.75, 3.05) is 11.4 Å². The Labute approximate surface area is 183 Å². The topological polar surface area (TPSA) is 75.9 Å². The molecule has 2 atom stereocenters. The second-order valence-corrected chi connectivity index (χ2v) is 8.22. The van der Waals surface area contributed by atoms with Gasteiger partial charge in [-0.2, -0.15) is 4.98 Å². The van der Waals surface area contributed by atoms with Gasteiger partial charge in [-0.3, -0.25) is 9.36 Å². The van der Waals surface area contributed by atoms with E-state index in [1.54, 1.807) is 23.3 Å². The SMILES string of the molecule is CC(CCc1ccccc1)NC(=O)CC1CCCCN1c1ccnc(-n2ccnc2)n1. The zero-order chi connectivity index (χ0) is 21.5.